The van der Waals surface area contributed by atoms with E-state index in [1.54, 1.807) is 0 Å². The summed E-state index contributed by atoms with van der Waals surface area (Å²) in [5.41, 5.74) is 3.58. The minimum absolute atomic E-state index is 0.127. The maximum Gasteiger partial charge on any atom is 0.417 e. The minimum Gasteiger partial charge on any atom is -0.492 e. The number of carbonyl (C=O) groups is 1. The number of carbonyl (C=O) groups excluding carboxylic acids is 1. The number of ether oxygens (including phenoxy) is 1. The predicted octanol–water partition coefficient (Wildman–Crippen LogP) is 3.93. The Morgan fingerprint density at radius 3 is 2.38 bits per heavy atom. The molecule has 1 heterocycles. The van der Waals surface area contributed by atoms with E-state index in [1.807, 2.05) is 0 Å². The van der Waals surface area contributed by atoms with Gasteiger partial charge in [0.15, 0.2) is 0 Å². The molecule has 2 aromatic carbocycles. The van der Waals surface area contributed by atoms with Gasteiger partial charge in [-0.05, 0) is 48.4 Å². The molecular weight excluding hydrogens is 466 g/mol. The number of nitrogens with one attached hydrogen (secondary N) is 2. The zero-order valence-electron chi connectivity index (χ0n) is 17.5. The molecule has 3 rings (SSSR count). The van der Waals surface area contributed by atoms with Gasteiger partial charge in [-0.3, -0.25) is 10.1 Å². The molecular formula is C22H20F6N4O2. The first-order chi connectivity index (χ1) is 15.9. The van der Waals surface area contributed by atoms with Crippen molar-refractivity contribution in [2.75, 3.05) is 18.5 Å². The van der Waals surface area contributed by atoms with E-state index in [2.05, 4.69) is 10.6 Å². The molecule has 3 atom stereocenters. The van der Waals surface area contributed by atoms with Crippen LogP contribution in [0.25, 0.3) is 0 Å². The highest BCUT2D eigenvalue weighted by Crippen LogP contribution is 2.42. The molecule has 2 aromatic rings. The van der Waals surface area contributed by atoms with Crippen LogP contribution >= 0.6 is 0 Å². The third-order valence-electron chi connectivity index (χ3n) is 5.38. The SMILES string of the molecule is N#Cc1ccc(C2C[C@@H](COc3ccc(NC(=O)CN)cc3)N[C@H]2C(F)(F)F)cc1C(F)(F)F. The number of benzene rings is 2. The van der Waals surface area contributed by atoms with Crippen LogP contribution in [0.4, 0.5) is 32.0 Å². The van der Waals surface area contributed by atoms with Gasteiger partial charge in [-0.15, -0.1) is 0 Å². The molecule has 0 aromatic heterocycles. The molecule has 1 unspecified atom stereocenters. The molecule has 182 valence electrons. The quantitative estimate of drug-likeness (QED) is 0.538. The van der Waals surface area contributed by atoms with Crippen LogP contribution < -0.4 is 21.1 Å². The molecule has 1 aliphatic rings. The molecule has 0 radical (unpaired) electrons. The average Bonchev–Trinajstić information content (AvgIpc) is 3.22. The van der Waals surface area contributed by atoms with Gasteiger partial charge >= 0.3 is 12.4 Å². The molecule has 0 saturated carbocycles. The molecule has 1 aliphatic heterocycles. The van der Waals surface area contributed by atoms with Gasteiger partial charge in [0.2, 0.25) is 5.91 Å². The molecule has 1 saturated heterocycles. The summed E-state index contributed by atoms with van der Waals surface area (Å²) >= 11 is 0. The Labute approximate surface area is 190 Å². The molecule has 34 heavy (non-hydrogen) atoms. The van der Waals surface area contributed by atoms with E-state index in [4.69, 9.17) is 15.7 Å². The standard InChI is InChI=1S/C22H20F6N4O2/c23-21(24,25)18-7-12(1-2-13(18)9-29)17-8-15(32-20(17)22(26,27)28)11-34-16-5-3-14(4-6-16)31-19(33)10-30/h1-7,15,17,20,32H,8,10-11,30H2,(H,31,33)/t15-,17?,20+/m0/s1. The van der Waals surface area contributed by atoms with E-state index in [9.17, 15) is 31.1 Å². The van der Waals surface area contributed by atoms with Crippen LogP contribution in [0.5, 0.6) is 5.75 Å². The van der Waals surface area contributed by atoms with E-state index in [0.717, 1.165) is 12.1 Å². The van der Waals surface area contributed by atoms with Crippen molar-refractivity contribution in [1.29, 1.82) is 5.26 Å². The Balaban J connectivity index is 1.75. The summed E-state index contributed by atoms with van der Waals surface area (Å²) in [6, 6.07) is 7.25. The third-order valence-corrected chi connectivity index (χ3v) is 5.38. The Kier molecular flexibility index (Phi) is 7.38. The summed E-state index contributed by atoms with van der Waals surface area (Å²) < 4.78 is 86.5. The lowest BCUT2D eigenvalue weighted by Crippen LogP contribution is -2.44. The second kappa shape index (κ2) is 9.90. The number of nitrogens with two attached hydrogens (primary N) is 1. The Morgan fingerprint density at radius 1 is 1.15 bits per heavy atom. The minimum atomic E-state index is -4.88. The fourth-order valence-corrected chi connectivity index (χ4v) is 3.82. The van der Waals surface area contributed by atoms with Gasteiger partial charge in [0.05, 0.1) is 23.7 Å². The lowest BCUT2D eigenvalue weighted by Gasteiger charge is -2.23. The van der Waals surface area contributed by atoms with E-state index in [0.29, 0.717) is 17.5 Å². The first-order valence-electron chi connectivity index (χ1n) is 10.1. The fraction of sp³-hybridized carbons (Fsp3) is 0.364. The van der Waals surface area contributed by atoms with Crippen LogP contribution in [0.3, 0.4) is 0 Å². The fourth-order valence-electron chi connectivity index (χ4n) is 3.82. The molecule has 0 aliphatic carbocycles. The summed E-state index contributed by atoms with van der Waals surface area (Å²) in [7, 11) is 0. The van der Waals surface area contributed by atoms with Crippen LogP contribution in [0.2, 0.25) is 0 Å². The lowest BCUT2D eigenvalue weighted by molar-refractivity contribution is -0.156. The van der Waals surface area contributed by atoms with Crippen molar-refractivity contribution in [2.24, 2.45) is 5.73 Å². The first kappa shape index (κ1) is 25.3. The molecule has 6 nitrogen and oxygen atoms in total. The second-order valence-electron chi connectivity index (χ2n) is 7.73. The van der Waals surface area contributed by atoms with E-state index in [-0.39, 0.29) is 25.1 Å². The van der Waals surface area contributed by atoms with Crippen LogP contribution in [-0.2, 0) is 11.0 Å². The van der Waals surface area contributed by atoms with Gasteiger partial charge in [0.25, 0.3) is 0 Å². The smallest absolute Gasteiger partial charge is 0.417 e. The Hall–Kier alpha value is -3.30. The summed E-state index contributed by atoms with van der Waals surface area (Å²) in [6.07, 6.45) is -9.72. The summed E-state index contributed by atoms with van der Waals surface area (Å²) in [6.45, 7) is -0.364. The van der Waals surface area contributed by atoms with Crippen LogP contribution in [0.1, 0.15) is 29.0 Å². The summed E-state index contributed by atoms with van der Waals surface area (Å²) in [4.78, 5) is 11.3. The second-order valence-corrected chi connectivity index (χ2v) is 7.73. The number of rotatable bonds is 6. The van der Waals surface area contributed by atoms with Gasteiger partial charge in [-0.25, -0.2) is 0 Å². The van der Waals surface area contributed by atoms with Gasteiger partial charge in [0.1, 0.15) is 18.4 Å². The normalized spacial score (nSPS) is 20.6. The van der Waals surface area contributed by atoms with E-state index >= 15 is 0 Å². The van der Waals surface area contributed by atoms with Gasteiger partial charge in [-0.1, -0.05) is 6.07 Å². The highest BCUT2D eigenvalue weighted by atomic mass is 19.4. The number of nitrogens with zero attached hydrogens (tertiary/aromatic N) is 1. The Morgan fingerprint density at radius 2 is 1.82 bits per heavy atom. The molecule has 4 N–H and O–H groups in total. The molecule has 0 bridgehead atoms. The number of halogens is 6. The average molecular weight is 486 g/mol. The van der Waals surface area contributed by atoms with Gasteiger partial charge < -0.3 is 15.8 Å². The highest BCUT2D eigenvalue weighted by molar-refractivity contribution is 5.92. The van der Waals surface area contributed by atoms with Crippen molar-refractivity contribution in [3.05, 3.63) is 59.2 Å². The molecule has 0 spiro atoms. The predicted molar refractivity (Wildman–Crippen MR) is 110 cm³/mol. The first-order valence-corrected chi connectivity index (χ1v) is 10.1. The van der Waals surface area contributed by atoms with Crippen molar-refractivity contribution >= 4 is 11.6 Å². The zero-order valence-corrected chi connectivity index (χ0v) is 17.5. The van der Waals surface area contributed by atoms with Crippen LogP contribution in [-0.4, -0.2) is 37.3 Å². The highest BCUT2D eigenvalue weighted by Gasteiger charge is 2.51. The van der Waals surface area contributed by atoms with Crippen LogP contribution in [0, 0.1) is 11.3 Å². The van der Waals surface area contributed by atoms with Gasteiger partial charge in [-0.2, -0.15) is 31.6 Å². The van der Waals surface area contributed by atoms with Crippen LogP contribution in [0.15, 0.2) is 42.5 Å². The molecule has 1 amide bonds. The monoisotopic (exact) mass is 486 g/mol. The third kappa shape index (κ3) is 5.98. The summed E-state index contributed by atoms with van der Waals surface area (Å²) in [5, 5.41) is 13.9. The van der Waals surface area contributed by atoms with Crippen molar-refractivity contribution in [3.8, 4) is 11.8 Å². The number of amides is 1. The number of alkyl halides is 6. The molecule has 12 heteroatoms. The van der Waals surface area contributed by atoms with Crippen molar-refractivity contribution in [3.63, 3.8) is 0 Å². The van der Waals surface area contributed by atoms with Crippen molar-refractivity contribution in [1.82, 2.24) is 5.32 Å². The maximum atomic E-state index is 13.7. The summed E-state index contributed by atoms with van der Waals surface area (Å²) in [5.74, 6) is -1.36. The van der Waals surface area contributed by atoms with Crippen molar-refractivity contribution < 1.29 is 35.9 Å². The lowest BCUT2D eigenvalue weighted by atomic mass is 9.88. The maximum absolute atomic E-state index is 13.7. The topological polar surface area (TPSA) is 100 Å². The number of hydrogen-bond acceptors (Lipinski definition) is 5. The van der Waals surface area contributed by atoms with Gasteiger partial charge in [0, 0.05) is 17.6 Å². The van der Waals surface area contributed by atoms with E-state index < -0.39 is 47.4 Å². The molecule has 1 fully saturated rings. The Bertz CT molecular complexity index is 1060. The van der Waals surface area contributed by atoms with E-state index in [1.165, 1.54) is 30.3 Å². The number of hydrogen-bond donors (Lipinski definition) is 3. The number of anilines is 1. The largest absolute Gasteiger partial charge is 0.492 e. The number of nitriles is 1. The van der Waals surface area contributed by atoms with Crippen molar-refractivity contribution in [2.45, 2.75) is 36.8 Å². The zero-order chi connectivity index (χ0) is 25.1.